The number of aromatic nitrogens is 4. The van der Waals surface area contributed by atoms with Gasteiger partial charge < -0.3 is 14.4 Å². The van der Waals surface area contributed by atoms with E-state index in [1.807, 2.05) is 12.1 Å². The van der Waals surface area contributed by atoms with Gasteiger partial charge in [-0.25, -0.2) is 0 Å². The molecular formula is C21H21F3N6O3. The molecule has 1 aliphatic rings. The van der Waals surface area contributed by atoms with Crippen LogP contribution < -0.4 is 14.8 Å². The summed E-state index contributed by atoms with van der Waals surface area (Å²) in [4.78, 5) is 13.7. The van der Waals surface area contributed by atoms with E-state index < -0.39 is 12.1 Å². The highest BCUT2D eigenvalue weighted by Crippen LogP contribution is 2.32. The van der Waals surface area contributed by atoms with E-state index in [0.29, 0.717) is 5.75 Å². The number of likely N-dealkylation sites (N-methyl/N-ethyl adjacent to an activating group) is 1. The number of amides is 1. The Hall–Kier alpha value is -3.67. The minimum Gasteiger partial charge on any atom is -0.423 e. The van der Waals surface area contributed by atoms with Crippen LogP contribution in [0.2, 0.25) is 0 Å². The maximum atomic E-state index is 12.7. The third-order valence-corrected chi connectivity index (χ3v) is 5.14. The molecule has 9 nitrogen and oxygen atoms in total. The molecule has 1 fully saturated rings. The molecule has 1 amide bonds. The van der Waals surface area contributed by atoms with Gasteiger partial charge in [-0.15, -0.1) is 13.2 Å². The van der Waals surface area contributed by atoms with Gasteiger partial charge in [-0.2, -0.15) is 4.68 Å². The first-order valence-electron chi connectivity index (χ1n) is 10.1. The second-order valence-electron chi connectivity index (χ2n) is 7.64. The van der Waals surface area contributed by atoms with Crippen molar-refractivity contribution in [1.29, 1.82) is 0 Å². The van der Waals surface area contributed by atoms with Crippen molar-refractivity contribution in [2.45, 2.75) is 31.3 Å². The Morgan fingerprint density at radius 1 is 1.12 bits per heavy atom. The zero-order chi connectivity index (χ0) is 23.6. The van der Waals surface area contributed by atoms with E-state index in [1.165, 1.54) is 18.2 Å². The molecule has 0 aliphatic carbocycles. The van der Waals surface area contributed by atoms with Crippen LogP contribution in [0, 0.1) is 0 Å². The highest BCUT2D eigenvalue weighted by Gasteiger charge is 2.33. The van der Waals surface area contributed by atoms with Gasteiger partial charge in [-0.05, 0) is 53.1 Å². The summed E-state index contributed by atoms with van der Waals surface area (Å²) in [6, 6.07) is 12.3. The number of benzene rings is 2. The number of carbonyl (C=O) groups excluding carboxylic acids is 1. The van der Waals surface area contributed by atoms with Crippen molar-refractivity contribution in [3.63, 3.8) is 0 Å². The van der Waals surface area contributed by atoms with Crippen molar-refractivity contribution in [1.82, 2.24) is 30.4 Å². The Morgan fingerprint density at radius 2 is 1.85 bits per heavy atom. The molecule has 2 atom stereocenters. The molecule has 2 heterocycles. The molecule has 2 aromatic carbocycles. The highest BCUT2D eigenvalue weighted by molar-refractivity contribution is 5.81. The minimum absolute atomic E-state index is 0.0294. The topological polar surface area (TPSA) is 94.4 Å². The van der Waals surface area contributed by atoms with Gasteiger partial charge in [-0.1, -0.05) is 29.4 Å². The van der Waals surface area contributed by atoms with Crippen LogP contribution >= 0.6 is 0 Å². The summed E-state index contributed by atoms with van der Waals surface area (Å²) in [5.74, 6) is -0.0337. The van der Waals surface area contributed by atoms with Gasteiger partial charge in [0, 0.05) is 20.1 Å². The predicted molar refractivity (Wildman–Crippen MR) is 110 cm³/mol. The lowest BCUT2D eigenvalue weighted by molar-refractivity contribution is -0.274. The number of hydrogen-bond donors (Lipinski definition) is 1. The van der Waals surface area contributed by atoms with Crippen molar-refractivity contribution < 1.29 is 27.4 Å². The second-order valence-corrected chi connectivity index (χ2v) is 7.64. The smallest absolute Gasteiger partial charge is 0.423 e. The van der Waals surface area contributed by atoms with Crippen LogP contribution in [0.1, 0.15) is 24.4 Å². The summed E-state index contributed by atoms with van der Waals surface area (Å²) in [5.41, 5.74) is 0.957. The average molecular weight is 462 g/mol. The summed E-state index contributed by atoms with van der Waals surface area (Å²) < 4.78 is 49.0. The fourth-order valence-electron chi connectivity index (χ4n) is 3.62. The summed E-state index contributed by atoms with van der Waals surface area (Å²) in [6.07, 6.45) is -3.31. The van der Waals surface area contributed by atoms with Gasteiger partial charge in [-0.3, -0.25) is 10.1 Å². The Labute approximate surface area is 187 Å². The second kappa shape index (κ2) is 9.06. The van der Waals surface area contributed by atoms with Gasteiger partial charge in [0.15, 0.2) is 5.75 Å². The van der Waals surface area contributed by atoms with Crippen molar-refractivity contribution in [3.05, 3.63) is 54.1 Å². The lowest BCUT2D eigenvalue weighted by Crippen LogP contribution is -2.40. The van der Waals surface area contributed by atoms with Crippen LogP contribution in [0.4, 0.5) is 13.2 Å². The molecule has 4 rings (SSSR count). The molecule has 0 bridgehead atoms. The van der Waals surface area contributed by atoms with Gasteiger partial charge in [0.05, 0.1) is 6.04 Å². The lowest BCUT2D eigenvalue weighted by atomic mass is 10.1. The molecule has 174 valence electrons. The minimum atomic E-state index is -4.87. The molecule has 1 N–H and O–H groups in total. The molecule has 0 spiro atoms. The van der Waals surface area contributed by atoms with Crippen LogP contribution in [-0.4, -0.2) is 57.5 Å². The molecule has 2 unspecified atom stereocenters. The largest absolute Gasteiger partial charge is 0.573 e. The number of hydrogen-bond acceptors (Lipinski definition) is 7. The SMILES string of the molecule is CN(C)C(=O)C1CCC(c2ccc(Oc3nnnn3-c3ccccc3OC(F)(F)F)cc2)N1. The fraction of sp³-hybridized carbons (Fsp3) is 0.333. The standard InChI is InChI=1S/C21H21F3N6O3/c1-29(2)19(31)16-12-11-15(25-16)13-7-9-14(10-8-13)32-20-26-27-28-30(20)17-5-3-4-6-18(17)33-21(22,23)24/h3-10,15-16,25H,11-12H2,1-2H3. The van der Waals surface area contributed by atoms with E-state index in [0.717, 1.165) is 29.2 Å². The molecule has 1 aromatic heterocycles. The molecule has 0 radical (unpaired) electrons. The van der Waals surface area contributed by atoms with E-state index in [2.05, 4.69) is 25.6 Å². The molecule has 12 heteroatoms. The number of para-hydroxylation sites is 2. The third kappa shape index (κ3) is 5.22. The predicted octanol–water partition coefficient (Wildman–Crippen LogP) is 3.23. The number of alkyl halides is 3. The summed E-state index contributed by atoms with van der Waals surface area (Å²) in [6.45, 7) is 0. The monoisotopic (exact) mass is 462 g/mol. The number of rotatable bonds is 6. The summed E-state index contributed by atoms with van der Waals surface area (Å²) >= 11 is 0. The van der Waals surface area contributed by atoms with Crippen LogP contribution in [0.25, 0.3) is 5.69 Å². The van der Waals surface area contributed by atoms with Crippen molar-refractivity contribution in [2.24, 2.45) is 0 Å². The maximum Gasteiger partial charge on any atom is 0.573 e. The molecule has 1 aliphatic heterocycles. The van der Waals surface area contributed by atoms with Crippen molar-refractivity contribution in [2.75, 3.05) is 14.1 Å². The van der Waals surface area contributed by atoms with Gasteiger partial charge in [0.1, 0.15) is 11.4 Å². The fourth-order valence-corrected chi connectivity index (χ4v) is 3.62. The Kier molecular flexibility index (Phi) is 6.18. The number of ether oxygens (including phenoxy) is 2. The van der Waals surface area contributed by atoms with Crippen LogP contribution in [0.5, 0.6) is 17.5 Å². The van der Waals surface area contributed by atoms with Crippen molar-refractivity contribution in [3.8, 4) is 23.2 Å². The zero-order valence-corrected chi connectivity index (χ0v) is 17.8. The van der Waals surface area contributed by atoms with Crippen LogP contribution in [0.3, 0.4) is 0 Å². The zero-order valence-electron chi connectivity index (χ0n) is 17.8. The van der Waals surface area contributed by atoms with Crippen LogP contribution in [-0.2, 0) is 4.79 Å². The molecule has 1 saturated heterocycles. The number of tetrazole rings is 1. The van der Waals surface area contributed by atoms with E-state index in [4.69, 9.17) is 4.74 Å². The normalized spacial score (nSPS) is 18.2. The quantitative estimate of drug-likeness (QED) is 0.601. The Bertz CT molecular complexity index is 1120. The summed E-state index contributed by atoms with van der Waals surface area (Å²) in [5, 5.41) is 14.3. The first-order chi connectivity index (χ1) is 15.7. The van der Waals surface area contributed by atoms with E-state index in [1.54, 1.807) is 31.1 Å². The van der Waals surface area contributed by atoms with E-state index in [9.17, 15) is 18.0 Å². The average Bonchev–Trinajstić information content (AvgIpc) is 3.43. The van der Waals surface area contributed by atoms with Crippen molar-refractivity contribution >= 4 is 5.91 Å². The molecule has 33 heavy (non-hydrogen) atoms. The Balaban J connectivity index is 1.48. The number of nitrogens with one attached hydrogen (secondary N) is 1. The number of halogens is 3. The molecule has 3 aromatic rings. The first-order valence-corrected chi connectivity index (χ1v) is 10.1. The number of nitrogens with zero attached hydrogens (tertiary/aromatic N) is 5. The Morgan fingerprint density at radius 3 is 2.55 bits per heavy atom. The van der Waals surface area contributed by atoms with E-state index in [-0.39, 0.29) is 29.7 Å². The van der Waals surface area contributed by atoms with Crippen LogP contribution in [0.15, 0.2) is 48.5 Å². The van der Waals surface area contributed by atoms with Gasteiger partial charge in [0.25, 0.3) is 0 Å². The van der Waals surface area contributed by atoms with E-state index >= 15 is 0 Å². The highest BCUT2D eigenvalue weighted by atomic mass is 19.4. The molecular weight excluding hydrogens is 441 g/mol. The lowest BCUT2D eigenvalue weighted by Gasteiger charge is -2.18. The summed E-state index contributed by atoms with van der Waals surface area (Å²) in [7, 11) is 3.45. The maximum absolute atomic E-state index is 12.7. The van der Waals surface area contributed by atoms with Gasteiger partial charge >= 0.3 is 12.4 Å². The van der Waals surface area contributed by atoms with Gasteiger partial charge in [0.2, 0.25) is 5.91 Å². The first kappa shape index (κ1) is 22.5. The third-order valence-electron chi connectivity index (χ3n) is 5.14. The molecule has 0 saturated carbocycles. The number of carbonyl (C=O) groups is 1.